The predicted molar refractivity (Wildman–Crippen MR) is 77.6 cm³/mol. The molecule has 1 aliphatic heterocycles. The summed E-state index contributed by atoms with van der Waals surface area (Å²) in [5.74, 6) is 0.0384. The standard InChI is InChI=1S/C14H20N2O3S/c1-2-20(18,19)15-9-7-14(17)16-10-8-12-5-3-4-6-13(12)11-16/h3-6,15H,2,7-11H2,1H3. The third-order valence-electron chi connectivity index (χ3n) is 3.52. The van der Waals surface area contributed by atoms with Crippen molar-refractivity contribution in [3.05, 3.63) is 35.4 Å². The van der Waals surface area contributed by atoms with E-state index in [1.165, 1.54) is 11.1 Å². The molecule has 6 heteroatoms. The number of hydrogen-bond donors (Lipinski definition) is 1. The first-order chi connectivity index (χ1) is 9.52. The molecule has 0 radical (unpaired) electrons. The minimum Gasteiger partial charge on any atom is -0.338 e. The molecule has 1 aliphatic rings. The molecule has 1 N–H and O–H groups in total. The summed E-state index contributed by atoms with van der Waals surface area (Å²) in [6, 6.07) is 8.11. The quantitative estimate of drug-likeness (QED) is 0.878. The summed E-state index contributed by atoms with van der Waals surface area (Å²) in [6.07, 6.45) is 1.07. The number of carbonyl (C=O) groups excluding carboxylic acids is 1. The molecule has 0 saturated heterocycles. The molecular formula is C14H20N2O3S. The van der Waals surface area contributed by atoms with Crippen LogP contribution in [-0.2, 0) is 27.8 Å². The van der Waals surface area contributed by atoms with Crippen LogP contribution in [0, 0.1) is 0 Å². The average Bonchev–Trinajstić information content (AvgIpc) is 2.46. The largest absolute Gasteiger partial charge is 0.338 e. The Balaban J connectivity index is 1.86. The maximum absolute atomic E-state index is 12.1. The number of sulfonamides is 1. The van der Waals surface area contributed by atoms with Gasteiger partial charge in [0, 0.05) is 26.1 Å². The van der Waals surface area contributed by atoms with Gasteiger partial charge in [0.05, 0.1) is 5.75 Å². The van der Waals surface area contributed by atoms with Crippen molar-refractivity contribution in [2.45, 2.75) is 26.3 Å². The lowest BCUT2D eigenvalue weighted by molar-refractivity contribution is -0.131. The van der Waals surface area contributed by atoms with Crippen LogP contribution in [-0.4, -0.2) is 38.1 Å². The van der Waals surface area contributed by atoms with Gasteiger partial charge in [-0.25, -0.2) is 13.1 Å². The van der Waals surface area contributed by atoms with Crippen LogP contribution in [0.4, 0.5) is 0 Å². The van der Waals surface area contributed by atoms with E-state index in [0.717, 1.165) is 6.42 Å². The zero-order valence-corrected chi connectivity index (χ0v) is 12.4. The Bertz CT molecular complexity index is 584. The molecule has 0 aliphatic carbocycles. The molecule has 0 saturated carbocycles. The predicted octanol–water partition coefficient (Wildman–Crippen LogP) is 0.901. The van der Waals surface area contributed by atoms with E-state index in [4.69, 9.17) is 0 Å². The normalized spacial score (nSPS) is 14.9. The van der Waals surface area contributed by atoms with Crippen molar-refractivity contribution in [1.29, 1.82) is 0 Å². The number of benzene rings is 1. The molecule has 0 unspecified atom stereocenters. The number of nitrogens with zero attached hydrogens (tertiary/aromatic N) is 1. The number of fused-ring (bicyclic) bond motifs is 1. The maximum Gasteiger partial charge on any atom is 0.224 e. The summed E-state index contributed by atoms with van der Waals surface area (Å²) in [5.41, 5.74) is 2.48. The van der Waals surface area contributed by atoms with Crippen LogP contribution in [0.25, 0.3) is 0 Å². The molecule has 0 spiro atoms. The fourth-order valence-electron chi connectivity index (χ4n) is 2.28. The molecule has 20 heavy (non-hydrogen) atoms. The van der Waals surface area contributed by atoms with Crippen molar-refractivity contribution in [2.75, 3.05) is 18.8 Å². The van der Waals surface area contributed by atoms with Crippen molar-refractivity contribution in [3.8, 4) is 0 Å². The van der Waals surface area contributed by atoms with Gasteiger partial charge in [0.2, 0.25) is 15.9 Å². The van der Waals surface area contributed by atoms with E-state index >= 15 is 0 Å². The van der Waals surface area contributed by atoms with Crippen molar-refractivity contribution in [2.24, 2.45) is 0 Å². The zero-order valence-electron chi connectivity index (χ0n) is 11.6. The van der Waals surface area contributed by atoms with Crippen molar-refractivity contribution < 1.29 is 13.2 Å². The van der Waals surface area contributed by atoms with Crippen LogP contribution in [0.3, 0.4) is 0 Å². The molecule has 2 rings (SSSR count). The zero-order chi connectivity index (χ0) is 14.6. The van der Waals surface area contributed by atoms with Gasteiger partial charge in [0.15, 0.2) is 0 Å². The van der Waals surface area contributed by atoms with E-state index in [1.807, 2.05) is 18.2 Å². The summed E-state index contributed by atoms with van der Waals surface area (Å²) < 4.78 is 25.0. The highest BCUT2D eigenvalue weighted by Gasteiger charge is 2.20. The molecule has 1 aromatic carbocycles. The van der Waals surface area contributed by atoms with Gasteiger partial charge < -0.3 is 4.90 Å². The molecular weight excluding hydrogens is 276 g/mol. The Morgan fingerprint density at radius 3 is 2.70 bits per heavy atom. The SMILES string of the molecule is CCS(=O)(=O)NCCC(=O)N1CCc2ccccc2C1. The number of carbonyl (C=O) groups is 1. The van der Waals surface area contributed by atoms with Crippen LogP contribution >= 0.6 is 0 Å². The molecule has 0 aromatic heterocycles. The van der Waals surface area contributed by atoms with Gasteiger partial charge in [-0.2, -0.15) is 0 Å². The highest BCUT2D eigenvalue weighted by atomic mass is 32.2. The third kappa shape index (κ3) is 3.80. The van der Waals surface area contributed by atoms with Crippen molar-refractivity contribution in [1.82, 2.24) is 9.62 Å². The fraction of sp³-hybridized carbons (Fsp3) is 0.500. The second-order valence-electron chi connectivity index (χ2n) is 4.88. The third-order valence-corrected chi connectivity index (χ3v) is 4.93. The minimum absolute atomic E-state index is 0.00157. The molecule has 5 nitrogen and oxygen atoms in total. The van der Waals surface area contributed by atoms with Gasteiger partial charge in [-0.05, 0) is 24.5 Å². The molecule has 1 aromatic rings. The second-order valence-corrected chi connectivity index (χ2v) is 6.98. The summed E-state index contributed by atoms with van der Waals surface area (Å²) >= 11 is 0. The Hall–Kier alpha value is -1.40. The van der Waals surface area contributed by atoms with Crippen molar-refractivity contribution >= 4 is 15.9 Å². The topological polar surface area (TPSA) is 66.5 Å². The smallest absolute Gasteiger partial charge is 0.224 e. The molecule has 0 atom stereocenters. The highest BCUT2D eigenvalue weighted by Crippen LogP contribution is 2.18. The van der Waals surface area contributed by atoms with Crippen LogP contribution in [0.5, 0.6) is 0 Å². The maximum atomic E-state index is 12.1. The summed E-state index contributed by atoms with van der Waals surface area (Å²) in [7, 11) is -3.22. The van der Waals surface area contributed by atoms with Gasteiger partial charge in [-0.1, -0.05) is 24.3 Å². The summed E-state index contributed by atoms with van der Waals surface area (Å²) in [6.45, 7) is 3.07. The molecule has 0 fully saturated rings. The van der Waals surface area contributed by atoms with Crippen LogP contribution in [0.15, 0.2) is 24.3 Å². The molecule has 110 valence electrons. The number of nitrogens with one attached hydrogen (secondary N) is 1. The Kier molecular flexibility index (Phi) is 4.77. The van der Waals surface area contributed by atoms with E-state index in [0.29, 0.717) is 13.1 Å². The number of rotatable bonds is 5. The van der Waals surface area contributed by atoms with Gasteiger partial charge in [0.1, 0.15) is 0 Å². The van der Waals surface area contributed by atoms with Crippen molar-refractivity contribution in [3.63, 3.8) is 0 Å². The lowest BCUT2D eigenvalue weighted by atomic mass is 10.00. The Morgan fingerprint density at radius 1 is 1.30 bits per heavy atom. The molecule has 1 heterocycles. The molecule has 1 amide bonds. The minimum atomic E-state index is -3.22. The van der Waals surface area contributed by atoms with E-state index in [-0.39, 0.29) is 24.6 Å². The Morgan fingerprint density at radius 2 is 2.00 bits per heavy atom. The number of hydrogen-bond acceptors (Lipinski definition) is 3. The summed E-state index contributed by atoms with van der Waals surface area (Å²) in [5, 5.41) is 0. The van der Waals surface area contributed by atoms with Gasteiger partial charge >= 0.3 is 0 Å². The highest BCUT2D eigenvalue weighted by molar-refractivity contribution is 7.89. The van der Waals surface area contributed by atoms with Gasteiger partial charge in [-0.3, -0.25) is 4.79 Å². The monoisotopic (exact) mass is 296 g/mol. The van der Waals surface area contributed by atoms with E-state index in [2.05, 4.69) is 10.8 Å². The first-order valence-electron chi connectivity index (χ1n) is 6.83. The van der Waals surface area contributed by atoms with Crippen LogP contribution < -0.4 is 4.72 Å². The van der Waals surface area contributed by atoms with Gasteiger partial charge in [0.25, 0.3) is 0 Å². The lowest BCUT2D eigenvalue weighted by Gasteiger charge is -2.29. The van der Waals surface area contributed by atoms with Crippen LogP contribution in [0.2, 0.25) is 0 Å². The van der Waals surface area contributed by atoms with E-state index in [9.17, 15) is 13.2 Å². The summed E-state index contributed by atoms with van der Waals surface area (Å²) in [4.78, 5) is 13.9. The van der Waals surface area contributed by atoms with E-state index in [1.54, 1.807) is 11.8 Å². The van der Waals surface area contributed by atoms with Gasteiger partial charge in [-0.15, -0.1) is 0 Å². The first-order valence-corrected chi connectivity index (χ1v) is 8.49. The Labute approximate surface area is 120 Å². The lowest BCUT2D eigenvalue weighted by Crippen LogP contribution is -2.38. The first kappa shape index (κ1) is 15.0. The van der Waals surface area contributed by atoms with Crippen LogP contribution in [0.1, 0.15) is 24.5 Å². The average molecular weight is 296 g/mol. The second kappa shape index (κ2) is 6.37. The van der Waals surface area contributed by atoms with E-state index < -0.39 is 10.0 Å². The molecule has 0 bridgehead atoms. The number of amides is 1. The fourth-order valence-corrected chi connectivity index (χ4v) is 2.90.